The first kappa shape index (κ1) is 12.6. The van der Waals surface area contributed by atoms with Gasteiger partial charge in [-0.25, -0.2) is 9.59 Å². The van der Waals surface area contributed by atoms with E-state index in [0.717, 1.165) is 25.3 Å². The van der Waals surface area contributed by atoms with Crippen LogP contribution in [0.4, 0.5) is 4.79 Å². The molecule has 0 spiro atoms. The lowest BCUT2D eigenvalue weighted by molar-refractivity contribution is -0.139. The van der Waals surface area contributed by atoms with Gasteiger partial charge >= 0.3 is 12.1 Å². The number of phenols is 2. The number of rotatable bonds is 3. The molecule has 0 radical (unpaired) electrons. The number of aliphatic carboxylic acids is 1. The molecule has 1 unspecified atom stereocenters. The Labute approximate surface area is 96.3 Å². The summed E-state index contributed by atoms with van der Waals surface area (Å²) >= 11 is 0. The quantitative estimate of drug-likeness (QED) is 0.615. The van der Waals surface area contributed by atoms with Gasteiger partial charge in [-0.3, -0.25) is 0 Å². The van der Waals surface area contributed by atoms with E-state index in [9.17, 15) is 19.8 Å². The zero-order chi connectivity index (χ0) is 13.0. The maximum Gasteiger partial charge on any atom is 0.407 e. The average molecular weight is 241 g/mol. The summed E-state index contributed by atoms with van der Waals surface area (Å²) in [6.45, 7) is 0. The first-order chi connectivity index (χ1) is 7.93. The summed E-state index contributed by atoms with van der Waals surface area (Å²) in [5.74, 6) is -1.96. The van der Waals surface area contributed by atoms with E-state index < -0.39 is 18.1 Å². The highest BCUT2D eigenvalue weighted by Gasteiger charge is 2.23. The molecule has 7 nitrogen and oxygen atoms in total. The standard InChI is InChI=1S/C10H11NO6/c1-17-10(16)11-8(9(14)15)5-2-6(12)4-7(13)3-5/h2-4,8,12-13H,1H3,(H,11,16)(H,14,15). The SMILES string of the molecule is COC(=O)NC(C(=O)O)c1cc(O)cc(O)c1. The third kappa shape index (κ3) is 3.26. The number of carboxylic acids is 1. The minimum absolute atomic E-state index is 0.0281. The number of carbonyl (C=O) groups excluding carboxylic acids is 1. The van der Waals surface area contributed by atoms with Crippen molar-refractivity contribution in [1.82, 2.24) is 5.32 Å². The molecule has 0 bridgehead atoms. The largest absolute Gasteiger partial charge is 0.508 e. The van der Waals surface area contributed by atoms with Gasteiger partial charge in [0.2, 0.25) is 0 Å². The number of carboxylic acid groups (broad SMARTS) is 1. The molecule has 1 aromatic carbocycles. The van der Waals surface area contributed by atoms with Crippen LogP contribution in [0, 0.1) is 0 Å². The third-order valence-electron chi connectivity index (χ3n) is 1.95. The van der Waals surface area contributed by atoms with Crippen molar-refractivity contribution in [3.8, 4) is 11.5 Å². The van der Waals surface area contributed by atoms with Gasteiger partial charge in [0.15, 0.2) is 6.04 Å². The molecule has 0 aromatic heterocycles. The van der Waals surface area contributed by atoms with Crippen LogP contribution in [0.25, 0.3) is 0 Å². The number of nitrogens with one attached hydrogen (secondary N) is 1. The van der Waals surface area contributed by atoms with E-state index in [1.54, 1.807) is 0 Å². The Hall–Kier alpha value is -2.44. The van der Waals surface area contributed by atoms with Crippen molar-refractivity contribution in [2.45, 2.75) is 6.04 Å². The van der Waals surface area contributed by atoms with Crippen LogP contribution < -0.4 is 5.32 Å². The van der Waals surface area contributed by atoms with Gasteiger partial charge in [0, 0.05) is 6.07 Å². The molecule has 1 amide bonds. The number of hydrogen-bond donors (Lipinski definition) is 4. The summed E-state index contributed by atoms with van der Waals surface area (Å²) in [5, 5.41) is 29.4. The van der Waals surface area contributed by atoms with Crippen LogP contribution in [0.5, 0.6) is 11.5 Å². The van der Waals surface area contributed by atoms with E-state index in [4.69, 9.17) is 5.11 Å². The monoisotopic (exact) mass is 241 g/mol. The summed E-state index contributed by atoms with van der Waals surface area (Å²) in [6.07, 6.45) is -0.930. The molecule has 7 heteroatoms. The highest BCUT2D eigenvalue weighted by molar-refractivity contribution is 5.81. The number of alkyl carbamates (subject to hydrolysis) is 1. The van der Waals surface area contributed by atoms with Crippen molar-refractivity contribution in [2.24, 2.45) is 0 Å². The number of aromatic hydroxyl groups is 2. The lowest BCUT2D eigenvalue weighted by atomic mass is 10.1. The van der Waals surface area contributed by atoms with E-state index in [-0.39, 0.29) is 17.1 Å². The second-order valence-electron chi connectivity index (χ2n) is 3.19. The van der Waals surface area contributed by atoms with Crippen LogP contribution in [0.3, 0.4) is 0 Å². The lowest BCUT2D eigenvalue weighted by Crippen LogP contribution is -2.33. The highest BCUT2D eigenvalue weighted by atomic mass is 16.5. The molecule has 1 rings (SSSR count). The van der Waals surface area contributed by atoms with Crippen LogP contribution in [0.15, 0.2) is 18.2 Å². The highest BCUT2D eigenvalue weighted by Crippen LogP contribution is 2.25. The Morgan fingerprint density at radius 2 is 1.76 bits per heavy atom. The number of phenolic OH excluding ortho intramolecular Hbond substituents is 2. The van der Waals surface area contributed by atoms with E-state index in [1.807, 2.05) is 0 Å². The summed E-state index contributed by atoms with van der Waals surface area (Å²) in [5.41, 5.74) is 0.0281. The Bertz CT molecular complexity index is 424. The zero-order valence-electron chi connectivity index (χ0n) is 8.88. The number of methoxy groups -OCH3 is 1. The summed E-state index contributed by atoms with van der Waals surface area (Å²) in [7, 11) is 1.09. The molecule has 0 aliphatic heterocycles. The first-order valence-electron chi connectivity index (χ1n) is 4.54. The van der Waals surface area contributed by atoms with Crippen LogP contribution in [-0.2, 0) is 9.53 Å². The van der Waals surface area contributed by atoms with Crippen molar-refractivity contribution in [1.29, 1.82) is 0 Å². The zero-order valence-corrected chi connectivity index (χ0v) is 8.88. The molecule has 0 heterocycles. The number of ether oxygens (including phenoxy) is 1. The maximum absolute atomic E-state index is 10.9. The van der Waals surface area contributed by atoms with Gasteiger partial charge in [0.1, 0.15) is 11.5 Å². The van der Waals surface area contributed by atoms with Gasteiger partial charge in [-0.1, -0.05) is 0 Å². The van der Waals surface area contributed by atoms with Crippen molar-refractivity contribution in [2.75, 3.05) is 7.11 Å². The van der Waals surface area contributed by atoms with Gasteiger partial charge in [-0.05, 0) is 17.7 Å². The predicted molar refractivity (Wildman–Crippen MR) is 55.7 cm³/mol. The van der Waals surface area contributed by atoms with Crippen LogP contribution in [0.2, 0.25) is 0 Å². The minimum atomic E-state index is -1.42. The topological polar surface area (TPSA) is 116 Å². The number of amides is 1. The summed E-state index contributed by atoms with van der Waals surface area (Å²) < 4.78 is 4.27. The van der Waals surface area contributed by atoms with Crippen LogP contribution in [-0.4, -0.2) is 34.5 Å². The fourth-order valence-corrected chi connectivity index (χ4v) is 1.25. The van der Waals surface area contributed by atoms with Crippen LogP contribution >= 0.6 is 0 Å². The lowest BCUT2D eigenvalue weighted by Gasteiger charge is -2.14. The van der Waals surface area contributed by atoms with Crippen molar-refractivity contribution >= 4 is 12.1 Å². The molecule has 92 valence electrons. The average Bonchev–Trinajstić information content (AvgIpc) is 2.23. The molecule has 17 heavy (non-hydrogen) atoms. The summed E-state index contributed by atoms with van der Waals surface area (Å²) in [6, 6.07) is 1.86. The van der Waals surface area contributed by atoms with Gasteiger partial charge in [-0.15, -0.1) is 0 Å². The molecule has 0 fully saturated rings. The molecule has 1 aromatic rings. The Balaban J connectivity index is 3.05. The normalized spacial score (nSPS) is 11.6. The van der Waals surface area contributed by atoms with Crippen molar-refractivity contribution in [3.63, 3.8) is 0 Å². The predicted octanol–water partition coefficient (Wildman–Crippen LogP) is 0.579. The second kappa shape index (κ2) is 5.06. The molecule has 0 saturated heterocycles. The molecule has 1 atom stereocenters. The number of benzene rings is 1. The van der Waals surface area contributed by atoms with Crippen molar-refractivity contribution in [3.05, 3.63) is 23.8 Å². The fourth-order valence-electron chi connectivity index (χ4n) is 1.25. The van der Waals surface area contributed by atoms with E-state index in [0.29, 0.717) is 0 Å². The molecule has 4 N–H and O–H groups in total. The van der Waals surface area contributed by atoms with Crippen molar-refractivity contribution < 1.29 is 29.6 Å². The van der Waals surface area contributed by atoms with Gasteiger partial charge in [-0.2, -0.15) is 0 Å². The maximum atomic E-state index is 10.9. The molecular weight excluding hydrogens is 230 g/mol. The molecule has 0 aliphatic carbocycles. The molecule has 0 aliphatic rings. The third-order valence-corrected chi connectivity index (χ3v) is 1.95. The molecule has 0 saturated carbocycles. The van der Waals surface area contributed by atoms with Gasteiger partial charge in [0.05, 0.1) is 7.11 Å². The van der Waals surface area contributed by atoms with Gasteiger partial charge < -0.3 is 25.4 Å². The second-order valence-corrected chi connectivity index (χ2v) is 3.19. The first-order valence-corrected chi connectivity index (χ1v) is 4.54. The van der Waals surface area contributed by atoms with E-state index in [1.165, 1.54) is 0 Å². The number of hydrogen-bond acceptors (Lipinski definition) is 5. The Morgan fingerprint density at radius 3 is 2.18 bits per heavy atom. The smallest absolute Gasteiger partial charge is 0.407 e. The molecular formula is C10H11NO6. The Morgan fingerprint density at radius 1 is 1.24 bits per heavy atom. The number of carbonyl (C=O) groups is 2. The Kier molecular flexibility index (Phi) is 3.76. The van der Waals surface area contributed by atoms with E-state index >= 15 is 0 Å². The fraction of sp³-hybridized carbons (Fsp3) is 0.200. The van der Waals surface area contributed by atoms with Crippen LogP contribution in [0.1, 0.15) is 11.6 Å². The van der Waals surface area contributed by atoms with Gasteiger partial charge in [0.25, 0.3) is 0 Å². The summed E-state index contributed by atoms with van der Waals surface area (Å²) in [4.78, 5) is 21.9. The minimum Gasteiger partial charge on any atom is -0.508 e. The van der Waals surface area contributed by atoms with E-state index in [2.05, 4.69) is 10.1 Å².